The number of amides is 1. The van der Waals surface area contributed by atoms with Gasteiger partial charge >= 0.3 is 18.4 Å². The van der Waals surface area contributed by atoms with Gasteiger partial charge in [0.1, 0.15) is 11.7 Å². The van der Waals surface area contributed by atoms with Gasteiger partial charge in [0.05, 0.1) is 36.1 Å². The van der Waals surface area contributed by atoms with Gasteiger partial charge in [0.2, 0.25) is 5.95 Å². The monoisotopic (exact) mass is 492 g/mol. The van der Waals surface area contributed by atoms with E-state index in [2.05, 4.69) is 15.3 Å². The van der Waals surface area contributed by atoms with Crippen LogP contribution in [0.1, 0.15) is 31.9 Å². The number of aromatic nitrogens is 2. The Balaban J connectivity index is 1.80. The van der Waals surface area contributed by atoms with E-state index in [0.717, 1.165) is 17.3 Å². The fourth-order valence-corrected chi connectivity index (χ4v) is 3.17. The number of halogens is 6. The second-order valence-corrected chi connectivity index (χ2v) is 8.61. The van der Waals surface area contributed by atoms with Gasteiger partial charge in [-0.2, -0.15) is 22.0 Å². The van der Waals surface area contributed by atoms with Crippen LogP contribution in [0.4, 0.5) is 37.1 Å². The number of alkyl halides is 5. The van der Waals surface area contributed by atoms with E-state index in [1.54, 1.807) is 20.8 Å². The molecule has 0 saturated carbocycles. The molecule has 0 unspecified atom stereocenters. The summed E-state index contributed by atoms with van der Waals surface area (Å²) >= 11 is 0. The van der Waals surface area contributed by atoms with Gasteiger partial charge in [0.25, 0.3) is 0 Å². The molecule has 2 atom stereocenters. The summed E-state index contributed by atoms with van der Waals surface area (Å²) in [5, 5.41) is 2.72. The van der Waals surface area contributed by atoms with Crippen LogP contribution >= 0.6 is 0 Å². The van der Waals surface area contributed by atoms with Gasteiger partial charge in [0.15, 0.2) is 5.82 Å². The molecule has 3 rings (SSSR count). The van der Waals surface area contributed by atoms with Crippen LogP contribution in [-0.4, -0.2) is 51.8 Å². The molecular weight excluding hydrogens is 470 g/mol. The summed E-state index contributed by atoms with van der Waals surface area (Å²) in [6, 6.07) is 1.33. The largest absolute Gasteiger partial charge is 0.444 e. The average molecular weight is 492 g/mol. The highest BCUT2D eigenvalue weighted by Crippen LogP contribution is 2.36. The fraction of sp³-hybridized carbons (Fsp3) is 0.476. The lowest BCUT2D eigenvalue weighted by atomic mass is 10.1. The Morgan fingerprint density at radius 2 is 1.56 bits per heavy atom. The lowest BCUT2D eigenvalue weighted by Crippen LogP contribution is -2.39. The van der Waals surface area contributed by atoms with Crippen LogP contribution in [0.15, 0.2) is 36.7 Å². The number of nitrogens with zero attached hydrogens (tertiary/aromatic N) is 3. The summed E-state index contributed by atoms with van der Waals surface area (Å²) in [5.41, 5.74) is -2.73. The predicted molar refractivity (Wildman–Crippen MR) is 107 cm³/mol. The summed E-state index contributed by atoms with van der Waals surface area (Å²) in [7, 11) is 0. The van der Waals surface area contributed by atoms with Crippen LogP contribution in [0.2, 0.25) is 0 Å². The Labute approximate surface area is 191 Å². The number of likely N-dealkylation sites (tertiary alicyclic amines) is 1. The van der Waals surface area contributed by atoms with Crippen LogP contribution in [0.5, 0.6) is 0 Å². The molecule has 0 radical (unpaired) electrons. The van der Waals surface area contributed by atoms with E-state index in [1.165, 1.54) is 0 Å². The van der Waals surface area contributed by atoms with Gasteiger partial charge in [0, 0.05) is 6.54 Å². The van der Waals surface area contributed by atoms with Crippen molar-refractivity contribution in [1.29, 1.82) is 0 Å². The van der Waals surface area contributed by atoms with E-state index >= 15 is 0 Å². The highest BCUT2D eigenvalue weighted by atomic mass is 19.4. The maximum Gasteiger partial charge on any atom is 0.416 e. The molecule has 186 valence electrons. The lowest BCUT2D eigenvalue weighted by molar-refractivity contribution is -0.271. The van der Waals surface area contributed by atoms with Crippen LogP contribution in [-0.2, 0) is 21.8 Å². The first-order valence-electron chi connectivity index (χ1n) is 10.1. The third-order valence-electron chi connectivity index (χ3n) is 4.70. The van der Waals surface area contributed by atoms with E-state index in [1.807, 2.05) is 0 Å². The van der Waals surface area contributed by atoms with Gasteiger partial charge in [-0.3, -0.25) is 0 Å². The molecule has 7 nitrogen and oxygen atoms in total. The number of rotatable bonds is 5. The number of carbonyl (C=O) groups excluding carboxylic acids is 1. The van der Waals surface area contributed by atoms with E-state index < -0.39 is 53.1 Å². The number of anilines is 1. The number of ether oxygens (including phenoxy) is 2. The number of nitrogens with one attached hydrogen (secondary N) is 1. The number of hydrogen-bond acceptors (Lipinski definition) is 6. The zero-order chi connectivity index (χ0) is 25.3. The molecule has 2 aromatic rings. The van der Waals surface area contributed by atoms with Crippen molar-refractivity contribution in [3.63, 3.8) is 0 Å². The third kappa shape index (κ3) is 6.49. The summed E-state index contributed by atoms with van der Waals surface area (Å²) in [5.74, 6) is -0.808. The molecule has 34 heavy (non-hydrogen) atoms. The predicted octanol–water partition coefficient (Wildman–Crippen LogP) is 4.80. The minimum atomic E-state index is -4.68. The molecule has 1 aliphatic heterocycles. The molecule has 1 aromatic heterocycles. The van der Waals surface area contributed by atoms with Gasteiger partial charge in [-0.25, -0.2) is 19.2 Å². The van der Waals surface area contributed by atoms with Crippen LogP contribution in [0.25, 0.3) is 0 Å². The highest BCUT2D eigenvalue weighted by Gasteiger charge is 2.45. The Hall–Kier alpha value is -3.09. The van der Waals surface area contributed by atoms with Crippen LogP contribution in [0.3, 0.4) is 0 Å². The number of hydrogen-bond donors (Lipinski definition) is 1. The molecule has 1 aliphatic rings. The second-order valence-electron chi connectivity index (χ2n) is 8.61. The smallest absolute Gasteiger partial charge is 0.416 e. The third-order valence-corrected chi connectivity index (χ3v) is 4.70. The Morgan fingerprint density at radius 3 is 2.09 bits per heavy atom. The highest BCUT2D eigenvalue weighted by molar-refractivity contribution is 5.69. The van der Waals surface area contributed by atoms with E-state index in [9.17, 15) is 31.1 Å². The molecule has 1 N–H and O–H groups in total. The maximum atomic E-state index is 14.9. The molecule has 1 saturated heterocycles. The van der Waals surface area contributed by atoms with Crippen molar-refractivity contribution in [1.82, 2.24) is 14.9 Å². The Kier molecular flexibility index (Phi) is 6.97. The SMILES string of the molecule is CC(C)(C)OC(=O)N1C[C@@H](Nc2ncc(F)cn2)[C@H](OC(F)(F)c2ccc(C(F)(F)F)cc2)C1. The van der Waals surface area contributed by atoms with Crippen LogP contribution < -0.4 is 5.32 Å². The Morgan fingerprint density at radius 1 is 1.00 bits per heavy atom. The molecule has 0 bridgehead atoms. The first-order valence-corrected chi connectivity index (χ1v) is 10.1. The quantitative estimate of drug-likeness (QED) is 0.605. The molecule has 2 heterocycles. The molecule has 1 aromatic carbocycles. The minimum absolute atomic E-state index is 0.0936. The number of carbonyl (C=O) groups is 1. The topological polar surface area (TPSA) is 76.6 Å². The normalized spacial score (nSPS) is 19.3. The molecule has 0 spiro atoms. The van der Waals surface area contributed by atoms with Crippen molar-refractivity contribution >= 4 is 12.0 Å². The summed E-state index contributed by atoms with van der Waals surface area (Å²) < 4.78 is 91.3. The van der Waals surface area contributed by atoms with Crippen molar-refractivity contribution in [3.8, 4) is 0 Å². The van der Waals surface area contributed by atoms with Crippen molar-refractivity contribution in [2.24, 2.45) is 0 Å². The fourth-order valence-electron chi connectivity index (χ4n) is 3.17. The van der Waals surface area contributed by atoms with Crippen LogP contribution in [0, 0.1) is 5.82 Å². The first-order chi connectivity index (χ1) is 15.6. The molecule has 1 fully saturated rings. The van der Waals surface area contributed by atoms with E-state index in [-0.39, 0.29) is 19.0 Å². The average Bonchev–Trinajstić information content (AvgIpc) is 3.10. The minimum Gasteiger partial charge on any atom is -0.444 e. The van der Waals surface area contributed by atoms with Gasteiger partial charge in [-0.15, -0.1) is 0 Å². The lowest BCUT2D eigenvalue weighted by Gasteiger charge is -2.26. The van der Waals surface area contributed by atoms with Crippen molar-refractivity contribution in [2.45, 2.75) is 50.8 Å². The van der Waals surface area contributed by atoms with E-state index in [4.69, 9.17) is 9.47 Å². The van der Waals surface area contributed by atoms with Crippen molar-refractivity contribution < 1.29 is 40.6 Å². The van der Waals surface area contributed by atoms with Crippen molar-refractivity contribution in [3.05, 3.63) is 53.6 Å². The standard InChI is InChI=1S/C21H22F6N4O3/c1-19(2,3)34-18(32)31-10-15(30-17-28-8-14(22)9-29-17)16(11-31)33-21(26,27)13-6-4-12(5-7-13)20(23,24)25/h4-9,15-16H,10-11H2,1-3H3,(H,28,29,30)/t15-,16-/m1/s1. The van der Waals surface area contributed by atoms with E-state index in [0.29, 0.717) is 24.3 Å². The molecule has 1 amide bonds. The first kappa shape index (κ1) is 25.5. The maximum absolute atomic E-state index is 14.9. The summed E-state index contributed by atoms with van der Waals surface area (Å²) in [6.07, 6.45) is -9.05. The van der Waals surface area contributed by atoms with Gasteiger partial charge in [-0.05, 0) is 45.0 Å². The Bertz CT molecular complexity index is 994. The second kappa shape index (κ2) is 9.28. The molecular formula is C21H22F6N4O3. The zero-order valence-electron chi connectivity index (χ0n) is 18.4. The summed E-state index contributed by atoms with van der Waals surface area (Å²) in [6.45, 7) is 4.45. The zero-order valence-corrected chi connectivity index (χ0v) is 18.4. The summed E-state index contributed by atoms with van der Waals surface area (Å²) in [4.78, 5) is 21.0. The molecule has 0 aliphatic carbocycles. The van der Waals surface area contributed by atoms with Gasteiger partial charge in [-0.1, -0.05) is 0 Å². The van der Waals surface area contributed by atoms with Gasteiger partial charge < -0.3 is 19.7 Å². The number of benzene rings is 1. The van der Waals surface area contributed by atoms with Crippen molar-refractivity contribution in [2.75, 3.05) is 18.4 Å². The molecule has 13 heteroatoms.